The minimum Gasteiger partial charge on any atom is -0.463 e. The molecule has 0 N–H and O–H groups in total. The van der Waals surface area contributed by atoms with Crippen LogP contribution in [0.25, 0.3) is 0 Å². The number of halogens is 2. The van der Waals surface area contributed by atoms with E-state index in [4.69, 9.17) is 37.4 Å². The van der Waals surface area contributed by atoms with E-state index in [1.807, 2.05) is 0 Å². The number of alkyl halides is 1. The Morgan fingerprint density at radius 2 is 1.86 bits per heavy atom. The van der Waals surface area contributed by atoms with Gasteiger partial charge in [-0.05, 0) is 45.0 Å². The normalized spacial score (nSPS) is 14.0. The number of hydrogen-bond donors (Lipinski definition) is 0. The Morgan fingerprint density at radius 3 is 2.36 bits per heavy atom. The molecule has 10 heteroatoms. The summed E-state index contributed by atoms with van der Waals surface area (Å²) in [5.74, 6) is -1.84. The number of carbonyl (C=O) groups excluding carboxylic acids is 2. The van der Waals surface area contributed by atoms with Crippen molar-refractivity contribution in [1.82, 2.24) is 0 Å². The lowest BCUT2D eigenvalue weighted by atomic mass is 10.1. The lowest BCUT2D eigenvalue weighted by molar-refractivity contribution is -0.420. The van der Waals surface area contributed by atoms with Crippen LogP contribution in [0.1, 0.15) is 20.8 Å². The number of rotatable bonds is 9. The van der Waals surface area contributed by atoms with Crippen molar-refractivity contribution < 1.29 is 28.7 Å². The van der Waals surface area contributed by atoms with Crippen LogP contribution in [-0.2, 0) is 19.1 Å². The van der Waals surface area contributed by atoms with E-state index < -0.39 is 34.2 Å². The molecule has 0 aromatic heterocycles. The van der Waals surface area contributed by atoms with Crippen LogP contribution in [0, 0.1) is 10.1 Å². The molecule has 152 valence electrons. The maximum Gasteiger partial charge on any atom is 0.364 e. The van der Waals surface area contributed by atoms with Crippen LogP contribution in [0.2, 0.25) is 5.02 Å². The Hall–Kier alpha value is -2.58. The van der Waals surface area contributed by atoms with Crippen molar-refractivity contribution in [1.29, 1.82) is 0 Å². The van der Waals surface area contributed by atoms with Crippen LogP contribution in [0.4, 0.5) is 0 Å². The van der Waals surface area contributed by atoms with Gasteiger partial charge in [-0.3, -0.25) is 10.1 Å². The average molecular weight is 432 g/mol. The quantitative estimate of drug-likeness (QED) is 0.192. The zero-order chi connectivity index (χ0) is 21.3. The topological polar surface area (TPSA) is 105 Å². The van der Waals surface area contributed by atoms with Gasteiger partial charge in [0.25, 0.3) is 11.3 Å². The molecule has 1 aromatic rings. The summed E-state index contributed by atoms with van der Waals surface area (Å²) in [6.45, 7) is 4.39. The predicted octanol–water partition coefficient (Wildman–Crippen LogP) is 3.89. The SMILES string of the molecule is CC=CC(=C(C)C(OC(=O)C(Cl)Oc1ccc(Cl)cc1)C(=O)OCC)[N+](=O)[O-]. The number of nitro groups is 1. The van der Waals surface area contributed by atoms with Gasteiger partial charge in [0.15, 0.2) is 0 Å². The maximum absolute atomic E-state index is 12.3. The molecule has 0 aliphatic rings. The maximum atomic E-state index is 12.3. The van der Waals surface area contributed by atoms with Crippen LogP contribution in [0.5, 0.6) is 5.75 Å². The Balaban J connectivity index is 3.06. The molecule has 1 aromatic carbocycles. The van der Waals surface area contributed by atoms with Gasteiger partial charge in [-0.25, -0.2) is 9.59 Å². The summed E-state index contributed by atoms with van der Waals surface area (Å²) in [6.07, 6.45) is 0.941. The molecule has 0 aliphatic heterocycles. The van der Waals surface area contributed by atoms with Crippen molar-refractivity contribution in [3.63, 3.8) is 0 Å². The van der Waals surface area contributed by atoms with Gasteiger partial charge < -0.3 is 14.2 Å². The molecule has 0 amide bonds. The zero-order valence-corrected chi connectivity index (χ0v) is 16.9. The first-order valence-corrected chi connectivity index (χ1v) is 8.93. The molecule has 0 saturated carbocycles. The second-order valence-corrected chi connectivity index (χ2v) is 6.11. The molecule has 0 radical (unpaired) electrons. The van der Waals surface area contributed by atoms with E-state index in [2.05, 4.69) is 0 Å². The van der Waals surface area contributed by atoms with Gasteiger partial charge in [-0.1, -0.05) is 29.3 Å². The zero-order valence-electron chi connectivity index (χ0n) is 15.4. The van der Waals surface area contributed by atoms with Crippen molar-refractivity contribution in [2.24, 2.45) is 0 Å². The highest BCUT2D eigenvalue weighted by Gasteiger charge is 2.34. The third-order valence-corrected chi connectivity index (χ3v) is 3.81. The molecular weight excluding hydrogens is 413 g/mol. The number of benzene rings is 1. The standard InChI is InChI=1S/C18H19Cl2NO7/c1-4-6-14(21(24)25)11(3)15(17(22)26-5-2)28-18(23)16(20)27-13-9-7-12(19)8-10-13/h4,6-10,15-16H,5H2,1-3H3. The van der Waals surface area contributed by atoms with Gasteiger partial charge >= 0.3 is 11.9 Å². The van der Waals surface area contributed by atoms with E-state index in [1.54, 1.807) is 13.8 Å². The molecular formula is C18H19Cl2NO7. The minimum atomic E-state index is -1.65. The van der Waals surface area contributed by atoms with Crippen molar-refractivity contribution in [2.45, 2.75) is 32.4 Å². The molecule has 0 aliphatic carbocycles. The van der Waals surface area contributed by atoms with Crippen molar-refractivity contribution >= 4 is 35.1 Å². The molecule has 0 saturated heterocycles. The molecule has 0 spiro atoms. The summed E-state index contributed by atoms with van der Waals surface area (Å²) >= 11 is 11.7. The second-order valence-electron chi connectivity index (χ2n) is 5.28. The van der Waals surface area contributed by atoms with Crippen molar-refractivity contribution in [3.05, 3.63) is 62.8 Å². The van der Waals surface area contributed by atoms with Crippen LogP contribution >= 0.6 is 23.2 Å². The molecule has 8 nitrogen and oxygen atoms in total. The van der Waals surface area contributed by atoms with Gasteiger partial charge in [0.05, 0.1) is 17.1 Å². The Bertz CT molecular complexity index is 775. The van der Waals surface area contributed by atoms with E-state index in [9.17, 15) is 19.7 Å². The number of hydrogen-bond acceptors (Lipinski definition) is 7. The van der Waals surface area contributed by atoms with Crippen LogP contribution in [0.15, 0.2) is 47.7 Å². The van der Waals surface area contributed by atoms with Gasteiger partial charge in [-0.15, -0.1) is 0 Å². The lowest BCUT2D eigenvalue weighted by Crippen LogP contribution is -2.35. The summed E-state index contributed by atoms with van der Waals surface area (Å²) in [5.41, 5.74) is -2.13. The number of allylic oxidation sites excluding steroid dienone is 2. The van der Waals surface area contributed by atoms with Gasteiger partial charge in [0.2, 0.25) is 6.10 Å². The third kappa shape index (κ3) is 6.86. The van der Waals surface area contributed by atoms with E-state index in [0.29, 0.717) is 5.02 Å². The van der Waals surface area contributed by atoms with E-state index in [0.717, 1.165) is 0 Å². The summed E-state index contributed by atoms with van der Waals surface area (Å²) in [6, 6.07) is 6.02. The van der Waals surface area contributed by atoms with Gasteiger partial charge in [0, 0.05) is 11.1 Å². The number of esters is 2. The van der Waals surface area contributed by atoms with E-state index in [1.165, 1.54) is 43.3 Å². The van der Waals surface area contributed by atoms with E-state index in [-0.39, 0.29) is 17.9 Å². The molecule has 2 unspecified atom stereocenters. The number of ether oxygens (including phenoxy) is 3. The molecule has 28 heavy (non-hydrogen) atoms. The highest BCUT2D eigenvalue weighted by Crippen LogP contribution is 2.21. The highest BCUT2D eigenvalue weighted by molar-refractivity contribution is 6.30. The van der Waals surface area contributed by atoms with Crippen molar-refractivity contribution in [2.75, 3.05) is 6.61 Å². The van der Waals surface area contributed by atoms with Gasteiger partial charge in [-0.2, -0.15) is 0 Å². The Kier molecular flexibility index (Phi) is 9.47. The minimum absolute atomic E-state index is 0.0108. The van der Waals surface area contributed by atoms with Gasteiger partial charge in [0.1, 0.15) is 5.75 Å². The second kappa shape index (κ2) is 11.3. The molecule has 0 fully saturated rings. The highest BCUT2D eigenvalue weighted by atomic mass is 35.5. The Morgan fingerprint density at radius 1 is 1.25 bits per heavy atom. The first kappa shape index (κ1) is 23.5. The summed E-state index contributed by atoms with van der Waals surface area (Å²) in [4.78, 5) is 35.0. The fourth-order valence-corrected chi connectivity index (χ4v) is 2.29. The largest absolute Gasteiger partial charge is 0.463 e. The average Bonchev–Trinajstić information content (AvgIpc) is 2.65. The summed E-state index contributed by atoms with van der Waals surface area (Å²) < 4.78 is 15.1. The summed E-state index contributed by atoms with van der Waals surface area (Å²) in [5, 5.41) is 11.7. The fraction of sp³-hybridized carbons (Fsp3) is 0.333. The molecule has 1 rings (SSSR count). The first-order valence-electron chi connectivity index (χ1n) is 8.12. The van der Waals surface area contributed by atoms with Crippen LogP contribution < -0.4 is 4.74 Å². The first-order chi connectivity index (χ1) is 13.2. The van der Waals surface area contributed by atoms with Crippen LogP contribution in [-0.4, -0.2) is 35.1 Å². The van der Waals surface area contributed by atoms with E-state index >= 15 is 0 Å². The number of nitrogens with zero attached hydrogens (tertiary/aromatic N) is 1. The van der Waals surface area contributed by atoms with Crippen molar-refractivity contribution in [3.8, 4) is 5.75 Å². The predicted molar refractivity (Wildman–Crippen MR) is 103 cm³/mol. The number of carbonyl (C=O) groups is 2. The summed E-state index contributed by atoms with van der Waals surface area (Å²) in [7, 11) is 0. The third-order valence-electron chi connectivity index (χ3n) is 3.29. The van der Waals surface area contributed by atoms with Crippen LogP contribution in [0.3, 0.4) is 0 Å². The molecule has 0 heterocycles. The molecule has 0 bridgehead atoms. The fourth-order valence-electron chi connectivity index (χ4n) is 2.01. The Labute approximate surface area is 171 Å². The lowest BCUT2D eigenvalue weighted by Gasteiger charge is -2.19. The monoisotopic (exact) mass is 431 g/mol. The smallest absolute Gasteiger partial charge is 0.364 e. The molecule has 2 atom stereocenters.